The fourth-order valence-electron chi connectivity index (χ4n) is 4.01. The molecule has 3 N–H and O–H groups in total. The molecule has 0 bridgehead atoms. The Morgan fingerprint density at radius 2 is 1.58 bits per heavy atom. The summed E-state index contributed by atoms with van der Waals surface area (Å²) in [4.78, 5) is 0. The normalized spacial score (nSPS) is 21.9. The van der Waals surface area contributed by atoms with E-state index < -0.39 is 0 Å². The first kappa shape index (κ1) is 13.0. The van der Waals surface area contributed by atoms with Gasteiger partial charge in [0.05, 0.1) is 0 Å². The van der Waals surface area contributed by atoms with Crippen molar-refractivity contribution < 1.29 is 5.11 Å². The zero-order valence-corrected chi connectivity index (χ0v) is 11.8. The van der Waals surface area contributed by atoms with Crippen LogP contribution in [0.3, 0.4) is 0 Å². The fraction of sp³-hybridized carbons (Fsp3) is 0.647. The smallest absolute Gasteiger partial charge is 0.119 e. The van der Waals surface area contributed by atoms with Crippen molar-refractivity contribution in [3.8, 4) is 5.75 Å². The number of phenols is 1. The highest BCUT2D eigenvalue weighted by molar-refractivity contribution is 5.47. The number of fused-ring (bicyclic) bond motifs is 1. The largest absolute Gasteiger partial charge is 0.508 e. The number of nitrogens with two attached hydrogens (primary N) is 1. The quantitative estimate of drug-likeness (QED) is 0.799. The summed E-state index contributed by atoms with van der Waals surface area (Å²) in [6, 6.07) is 4.32. The Hall–Kier alpha value is -1.02. The van der Waals surface area contributed by atoms with E-state index in [1.165, 1.54) is 49.7 Å². The summed E-state index contributed by atoms with van der Waals surface area (Å²) < 4.78 is 0. The molecule has 0 unspecified atom stereocenters. The minimum Gasteiger partial charge on any atom is -0.508 e. The van der Waals surface area contributed by atoms with E-state index in [0.717, 1.165) is 24.8 Å². The Kier molecular flexibility index (Phi) is 3.53. The van der Waals surface area contributed by atoms with Gasteiger partial charge in [-0.3, -0.25) is 0 Å². The maximum absolute atomic E-state index is 10.5. The number of aromatic hydroxyl groups is 1. The van der Waals surface area contributed by atoms with Crippen LogP contribution in [0.15, 0.2) is 12.1 Å². The third-order valence-electron chi connectivity index (χ3n) is 5.23. The highest BCUT2D eigenvalue weighted by Crippen LogP contribution is 2.45. The van der Waals surface area contributed by atoms with Crippen molar-refractivity contribution in [3.63, 3.8) is 0 Å². The molecule has 0 radical (unpaired) electrons. The summed E-state index contributed by atoms with van der Waals surface area (Å²) in [6.45, 7) is 0.666. The number of hydrogen-bond donors (Lipinski definition) is 2. The van der Waals surface area contributed by atoms with Crippen LogP contribution >= 0.6 is 0 Å². The molecule has 0 aliphatic heterocycles. The highest BCUT2D eigenvalue weighted by atomic mass is 16.3. The van der Waals surface area contributed by atoms with Gasteiger partial charge in [-0.05, 0) is 55.7 Å². The molecule has 104 valence electrons. The van der Waals surface area contributed by atoms with Gasteiger partial charge in [-0.2, -0.15) is 0 Å². The molecule has 0 amide bonds. The number of aryl methyl sites for hydroxylation is 2. The lowest BCUT2D eigenvalue weighted by molar-refractivity contribution is 0.405. The zero-order valence-electron chi connectivity index (χ0n) is 11.8. The molecule has 1 fully saturated rings. The van der Waals surface area contributed by atoms with Crippen LogP contribution in [-0.4, -0.2) is 11.7 Å². The molecule has 1 aromatic carbocycles. The summed E-state index contributed by atoms with van der Waals surface area (Å²) in [7, 11) is 0. The van der Waals surface area contributed by atoms with Gasteiger partial charge < -0.3 is 10.8 Å². The van der Waals surface area contributed by atoms with E-state index in [1.807, 2.05) is 6.07 Å². The lowest BCUT2D eigenvalue weighted by Crippen LogP contribution is -2.32. The summed E-state index contributed by atoms with van der Waals surface area (Å²) in [5, 5.41) is 10.5. The molecule has 0 saturated heterocycles. The van der Waals surface area contributed by atoms with Crippen LogP contribution in [0.2, 0.25) is 0 Å². The Bertz CT molecular complexity index is 461. The molecule has 2 aliphatic carbocycles. The second kappa shape index (κ2) is 5.16. The van der Waals surface area contributed by atoms with E-state index in [2.05, 4.69) is 6.07 Å². The van der Waals surface area contributed by atoms with Crippen molar-refractivity contribution in [3.05, 3.63) is 28.8 Å². The average Bonchev–Trinajstić information content (AvgIpc) is 2.79. The van der Waals surface area contributed by atoms with Crippen LogP contribution < -0.4 is 5.73 Å². The number of rotatable bonds is 2. The van der Waals surface area contributed by atoms with Gasteiger partial charge in [-0.1, -0.05) is 25.3 Å². The Morgan fingerprint density at radius 1 is 0.947 bits per heavy atom. The standard InChI is InChI=1S/C17H25NO/c18-12-17(8-4-5-9-17)15-10-13-6-2-1-3-7-14(13)11-16(15)19/h10-11,19H,1-9,12,18H2. The van der Waals surface area contributed by atoms with Crippen molar-refractivity contribution in [1.82, 2.24) is 0 Å². The number of benzene rings is 1. The van der Waals surface area contributed by atoms with Crippen LogP contribution in [0.4, 0.5) is 0 Å². The summed E-state index contributed by atoms with van der Waals surface area (Å²) in [6.07, 6.45) is 10.9. The van der Waals surface area contributed by atoms with Crippen LogP contribution in [0.1, 0.15) is 61.6 Å². The summed E-state index contributed by atoms with van der Waals surface area (Å²) in [5.74, 6) is 0.494. The van der Waals surface area contributed by atoms with Gasteiger partial charge >= 0.3 is 0 Å². The Labute approximate surface area is 116 Å². The maximum atomic E-state index is 10.5. The second-order valence-electron chi connectivity index (χ2n) is 6.39. The number of hydrogen-bond acceptors (Lipinski definition) is 2. The Balaban J connectivity index is 2.04. The topological polar surface area (TPSA) is 46.2 Å². The molecule has 19 heavy (non-hydrogen) atoms. The average molecular weight is 259 g/mol. The van der Waals surface area contributed by atoms with Crippen molar-refractivity contribution in [2.75, 3.05) is 6.54 Å². The first-order valence-electron chi connectivity index (χ1n) is 7.80. The Morgan fingerprint density at radius 3 is 2.21 bits per heavy atom. The van der Waals surface area contributed by atoms with Gasteiger partial charge in [-0.15, -0.1) is 0 Å². The summed E-state index contributed by atoms with van der Waals surface area (Å²) in [5.41, 5.74) is 10.1. The number of phenolic OH excluding ortho intramolecular Hbond substituents is 1. The van der Waals surface area contributed by atoms with Crippen molar-refractivity contribution >= 4 is 0 Å². The lowest BCUT2D eigenvalue weighted by atomic mass is 9.77. The molecule has 2 aliphatic rings. The minimum absolute atomic E-state index is 0.0470. The third kappa shape index (κ3) is 2.27. The van der Waals surface area contributed by atoms with Crippen LogP contribution in [-0.2, 0) is 18.3 Å². The van der Waals surface area contributed by atoms with E-state index in [0.29, 0.717) is 12.3 Å². The van der Waals surface area contributed by atoms with Gasteiger partial charge in [-0.25, -0.2) is 0 Å². The molecule has 1 saturated carbocycles. The SMILES string of the molecule is NCC1(c2cc3c(cc2O)CCCCC3)CCCC1. The fourth-order valence-corrected chi connectivity index (χ4v) is 4.01. The molecule has 2 heteroatoms. The van der Waals surface area contributed by atoms with Gasteiger partial charge in [0.15, 0.2) is 0 Å². The molecule has 0 heterocycles. The molecule has 0 aromatic heterocycles. The van der Waals surface area contributed by atoms with E-state index in [-0.39, 0.29) is 5.41 Å². The van der Waals surface area contributed by atoms with Gasteiger partial charge in [0, 0.05) is 17.5 Å². The molecule has 3 rings (SSSR count). The van der Waals surface area contributed by atoms with E-state index >= 15 is 0 Å². The predicted octanol–water partition coefficient (Wildman–Crippen LogP) is 3.43. The third-order valence-corrected chi connectivity index (χ3v) is 5.23. The van der Waals surface area contributed by atoms with Gasteiger partial charge in [0.1, 0.15) is 5.75 Å². The van der Waals surface area contributed by atoms with Gasteiger partial charge in [0.2, 0.25) is 0 Å². The van der Waals surface area contributed by atoms with E-state index in [9.17, 15) is 5.11 Å². The lowest BCUT2D eigenvalue weighted by Gasteiger charge is -2.29. The van der Waals surface area contributed by atoms with Crippen LogP contribution in [0, 0.1) is 0 Å². The van der Waals surface area contributed by atoms with E-state index in [4.69, 9.17) is 5.73 Å². The van der Waals surface area contributed by atoms with Crippen molar-refractivity contribution in [2.45, 2.75) is 63.2 Å². The molecular formula is C17H25NO. The van der Waals surface area contributed by atoms with Crippen molar-refractivity contribution in [1.29, 1.82) is 0 Å². The minimum atomic E-state index is 0.0470. The maximum Gasteiger partial charge on any atom is 0.119 e. The molecular weight excluding hydrogens is 234 g/mol. The molecule has 2 nitrogen and oxygen atoms in total. The van der Waals surface area contributed by atoms with Crippen molar-refractivity contribution in [2.24, 2.45) is 5.73 Å². The monoisotopic (exact) mass is 259 g/mol. The highest BCUT2D eigenvalue weighted by Gasteiger charge is 2.36. The molecule has 1 aromatic rings. The predicted molar refractivity (Wildman–Crippen MR) is 78.6 cm³/mol. The second-order valence-corrected chi connectivity index (χ2v) is 6.39. The van der Waals surface area contributed by atoms with Gasteiger partial charge in [0.25, 0.3) is 0 Å². The molecule has 0 spiro atoms. The summed E-state index contributed by atoms with van der Waals surface area (Å²) >= 11 is 0. The molecule has 0 atom stereocenters. The first-order chi connectivity index (χ1) is 9.25. The van der Waals surface area contributed by atoms with Crippen LogP contribution in [0.25, 0.3) is 0 Å². The van der Waals surface area contributed by atoms with Crippen LogP contribution in [0.5, 0.6) is 5.75 Å². The zero-order chi connectivity index (χ0) is 13.3. The first-order valence-corrected chi connectivity index (χ1v) is 7.80. The van der Waals surface area contributed by atoms with E-state index in [1.54, 1.807) is 0 Å².